The number of hydrogen-bond donors (Lipinski definition) is 1. The Kier molecular flexibility index (Phi) is 6.41. The molecule has 2 aromatic carbocycles. The highest BCUT2D eigenvalue weighted by atomic mass is 32.2. The number of sulfonamides is 1. The van der Waals surface area contributed by atoms with Gasteiger partial charge in [-0.05, 0) is 49.6 Å². The standard InChI is InChI=1S/C22H28N2O4S/c1-17-7-6-8-19(15-17)22(13-4-5-14-22)16-23-21(25)18-9-11-20(12-10-18)29(26,27)24(2)28-3/h6-12,15H,4-5,13-14,16H2,1-3H3,(H,23,25). The number of aryl methyl sites for hydroxylation is 1. The summed E-state index contributed by atoms with van der Waals surface area (Å²) in [6.45, 7) is 2.66. The fraction of sp³-hybridized carbons (Fsp3) is 0.409. The van der Waals surface area contributed by atoms with Crippen LogP contribution in [-0.4, -0.2) is 39.5 Å². The van der Waals surface area contributed by atoms with Crippen molar-refractivity contribution < 1.29 is 18.0 Å². The predicted octanol–water partition coefficient (Wildman–Crippen LogP) is 3.42. The minimum atomic E-state index is -3.73. The largest absolute Gasteiger partial charge is 0.351 e. The molecule has 29 heavy (non-hydrogen) atoms. The maximum Gasteiger partial charge on any atom is 0.264 e. The Hall–Kier alpha value is -2.22. The molecule has 0 aromatic heterocycles. The highest BCUT2D eigenvalue weighted by Crippen LogP contribution is 2.40. The van der Waals surface area contributed by atoms with Crippen LogP contribution < -0.4 is 5.32 Å². The average molecular weight is 417 g/mol. The fourth-order valence-corrected chi connectivity index (χ4v) is 4.94. The Morgan fingerprint density at radius 3 is 2.38 bits per heavy atom. The molecule has 7 heteroatoms. The lowest BCUT2D eigenvalue weighted by Gasteiger charge is -2.30. The summed E-state index contributed by atoms with van der Waals surface area (Å²) in [5.41, 5.74) is 2.89. The van der Waals surface area contributed by atoms with Gasteiger partial charge < -0.3 is 5.32 Å². The molecule has 1 fully saturated rings. The normalized spacial score (nSPS) is 16.1. The van der Waals surface area contributed by atoms with Crippen LogP contribution in [0.2, 0.25) is 0 Å². The molecule has 0 saturated heterocycles. The van der Waals surface area contributed by atoms with Gasteiger partial charge in [0, 0.05) is 24.6 Å². The predicted molar refractivity (Wildman–Crippen MR) is 112 cm³/mol. The van der Waals surface area contributed by atoms with Crippen LogP contribution >= 0.6 is 0 Å². The number of carbonyl (C=O) groups is 1. The molecule has 3 rings (SSSR count). The molecule has 156 valence electrons. The van der Waals surface area contributed by atoms with Gasteiger partial charge >= 0.3 is 0 Å². The lowest BCUT2D eigenvalue weighted by atomic mass is 9.78. The first-order valence-electron chi connectivity index (χ1n) is 9.77. The lowest BCUT2D eigenvalue weighted by molar-refractivity contribution is -0.0258. The van der Waals surface area contributed by atoms with Crippen LogP contribution in [0.5, 0.6) is 0 Å². The molecule has 2 aromatic rings. The number of hydrogen-bond acceptors (Lipinski definition) is 4. The first-order chi connectivity index (χ1) is 13.8. The van der Waals surface area contributed by atoms with Crippen molar-refractivity contribution in [1.29, 1.82) is 0 Å². The van der Waals surface area contributed by atoms with E-state index in [2.05, 4.69) is 36.5 Å². The molecule has 0 heterocycles. The molecule has 1 aliphatic rings. The maximum atomic E-state index is 12.7. The second-order valence-corrected chi connectivity index (χ2v) is 9.60. The van der Waals surface area contributed by atoms with Gasteiger partial charge in [-0.1, -0.05) is 47.1 Å². The van der Waals surface area contributed by atoms with Gasteiger partial charge in [0.1, 0.15) is 0 Å². The summed E-state index contributed by atoms with van der Waals surface area (Å²) < 4.78 is 25.3. The Balaban J connectivity index is 1.73. The van der Waals surface area contributed by atoms with Gasteiger partial charge in [0.15, 0.2) is 0 Å². The van der Waals surface area contributed by atoms with Crippen molar-refractivity contribution in [2.24, 2.45) is 0 Å². The van der Waals surface area contributed by atoms with Crippen molar-refractivity contribution in [2.75, 3.05) is 20.7 Å². The van der Waals surface area contributed by atoms with Gasteiger partial charge in [-0.25, -0.2) is 8.42 Å². The second kappa shape index (κ2) is 8.65. The number of hydroxylamine groups is 1. The van der Waals surface area contributed by atoms with E-state index in [1.807, 2.05) is 0 Å². The van der Waals surface area contributed by atoms with Crippen LogP contribution in [0.4, 0.5) is 0 Å². The highest BCUT2D eigenvalue weighted by Gasteiger charge is 2.36. The zero-order chi connectivity index (χ0) is 21.1. The topological polar surface area (TPSA) is 75.7 Å². The second-order valence-electron chi connectivity index (χ2n) is 7.66. The zero-order valence-electron chi connectivity index (χ0n) is 17.1. The van der Waals surface area contributed by atoms with Crippen LogP contribution in [0.3, 0.4) is 0 Å². The van der Waals surface area contributed by atoms with Crippen LogP contribution in [0.15, 0.2) is 53.4 Å². The zero-order valence-corrected chi connectivity index (χ0v) is 18.0. The van der Waals surface area contributed by atoms with Gasteiger partial charge in [0.05, 0.1) is 12.0 Å². The Labute approximate surface area is 172 Å². The van der Waals surface area contributed by atoms with Crippen LogP contribution in [0, 0.1) is 6.92 Å². The molecular weight excluding hydrogens is 388 g/mol. The van der Waals surface area contributed by atoms with Crippen LogP contribution in [-0.2, 0) is 20.3 Å². The van der Waals surface area contributed by atoms with E-state index in [9.17, 15) is 13.2 Å². The summed E-state index contributed by atoms with van der Waals surface area (Å²) in [5, 5.41) is 3.07. The number of rotatable bonds is 7. The highest BCUT2D eigenvalue weighted by molar-refractivity contribution is 7.89. The van der Waals surface area contributed by atoms with E-state index in [0.717, 1.165) is 30.2 Å². The molecule has 0 unspecified atom stereocenters. The Bertz CT molecular complexity index is 965. The molecule has 0 atom stereocenters. The molecular formula is C22H28N2O4S. The Morgan fingerprint density at radius 1 is 1.14 bits per heavy atom. The summed E-state index contributed by atoms with van der Waals surface area (Å²) in [4.78, 5) is 17.5. The summed E-state index contributed by atoms with van der Waals surface area (Å²) in [5.74, 6) is -0.201. The van der Waals surface area contributed by atoms with E-state index >= 15 is 0 Å². The molecule has 1 amide bonds. The third kappa shape index (κ3) is 4.52. The van der Waals surface area contributed by atoms with Crippen LogP contribution in [0.1, 0.15) is 47.2 Å². The maximum absolute atomic E-state index is 12.7. The van der Waals surface area contributed by atoms with E-state index in [-0.39, 0.29) is 16.2 Å². The van der Waals surface area contributed by atoms with Crippen molar-refractivity contribution in [3.63, 3.8) is 0 Å². The van der Waals surface area contributed by atoms with E-state index < -0.39 is 10.0 Å². The van der Waals surface area contributed by atoms with Gasteiger partial charge in [0.2, 0.25) is 0 Å². The SMILES string of the molecule is CON(C)S(=O)(=O)c1ccc(C(=O)NCC2(c3cccc(C)c3)CCCC2)cc1. The smallest absolute Gasteiger partial charge is 0.264 e. The van der Waals surface area contributed by atoms with Crippen LogP contribution in [0.25, 0.3) is 0 Å². The molecule has 1 saturated carbocycles. The first kappa shape index (κ1) is 21.5. The van der Waals surface area contributed by atoms with Gasteiger partial charge in [0.25, 0.3) is 15.9 Å². The van der Waals surface area contributed by atoms with Crippen molar-refractivity contribution in [2.45, 2.75) is 42.9 Å². The van der Waals surface area contributed by atoms with Gasteiger partial charge in [-0.3, -0.25) is 9.63 Å². The molecule has 0 aliphatic heterocycles. The first-order valence-corrected chi connectivity index (χ1v) is 11.2. The number of carbonyl (C=O) groups excluding carboxylic acids is 1. The number of benzene rings is 2. The van der Waals surface area contributed by atoms with E-state index in [1.165, 1.54) is 49.5 Å². The van der Waals surface area contributed by atoms with Gasteiger partial charge in [-0.2, -0.15) is 0 Å². The van der Waals surface area contributed by atoms with Crippen molar-refractivity contribution in [1.82, 2.24) is 9.79 Å². The molecule has 0 bridgehead atoms. The van der Waals surface area contributed by atoms with E-state index in [4.69, 9.17) is 4.84 Å². The monoisotopic (exact) mass is 416 g/mol. The number of amides is 1. The summed E-state index contributed by atoms with van der Waals surface area (Å²) in [7, 11) is -1.12. The summed E-state index contributed by atoms with van der Waals surface area (Å²) in [6.07, 6.45) is 4.42. The molecule has 6 nitrogen and oxygen atoms in total. The molecule has 0 radical (unpaired) electrons. The quantitative estimate of drug-likeness (QED) is 0.702. The summed E-state index contributed by atoms with van der Waals surface area (Å²) >= 11 is 0. The van der Waals surface area contributed by atoms with Crippen molar-refractivity contribution in [3.05, 3.63) is 65.2 Å². The van der Waals surface area contributed by atoms with Crippen molar-refractivity contribution in [3.8, 4) is 0 Å². The fourth-order valence-electron chi connectivity index (χ4n) is 3.97. The average Bonchev–Trinajstić information content (AvgIpc) is 3.21. The van der Waals surface area contributed by atoms with E-state index in [0.29, 0.717) is 12.1 Å². The summed E-state index contributed by atoms with van der Waals surface area (Å²) in [6, 6.07) is 14.4. The third-order valence-electron chi connectivity index (χ3n) is 5.79. The molecule has 0 spiro atoms. The number of nitrogens with one attached hydrogen (secondary N) is 1. The minimum Gasteiger partial charge on any atom is -0.351 e. The number of nitrogens with zero attached hydrogens (tertiary/aromatic N) is 1. The molecule has 1 N–H and O–H groups in total. The minimum absolute atomic E-state index is 0.0356. The van der Waals surface area contributed by atoms with E-state index in [1.54, 1.807) is 0 Å². The van der Waals surface area contributed by atoms with Gasteiger partial charge in [-0.15, -0.1) is 0 Å². The molecule has 1 aliphatic carbocycles. The van der Waals surface area contributed by atoms with Crippen molar-refractivity contribution >= 4 is 15.9 Å². The Morgan fingerprint density at radius 2 is 1.79 bits per heavy atom. The third-order valence-corrected chi connectivity index (χ3v) is 7.48. The lowest BCUT2D eigenvalue weighted by Crippen LogP contribution is -2.39.